The van der Waals surface area contributed by atoms with Crippen LogP contribution in [0.4, 0.5) is 34.1 Å². The first-order valence-corrected chi connectivity index (χ1v) is 16.0. The average Bonchev–Trinajstić information content (AvgIpc) is 3.03. The van der Waals surface area contributed by atoms with Gasteiger partial charge < -0.3 is 9.80 Å². The fourth-order valence-electron chi connectivity index (χ4n) is 5.65. The molecule has 0 unspecified atom stereocenters. The summed E-state index contributed by atoms with van der Waals surface area (Å²) >= 11 is 0. The standard InChI is InChI=1S/C41H46N2/c1-5-6-7-8-9-10-11-35-18-26-39(27-19-35)43(38-24-16-34(4)17-25-38)41-30-28-40(29-31-41)42(36-20-12-32(2)13-21-36)37-22-14-33(3)15-23-37/h12-31H,5-11H2,1-4H3. The molecule has 0 spiro atoms. The highest BCUT2D eigenvalue weighted by atomic mass is 15.2. The predicted octanol–water partition coefficient (Wildman–Crippen LogP) is 12.5. The highest BCUT2D eigenvalue weighted by Gasteiger charge is 2.16. The summed E-state index contributed by atoms with van der Waals surface area (Å²) in [4.78, 5) is 4.69. The Bertz CT molecular complexity index is 1490. The van der Waals surface area contributed by atoms with E-state index in [1.54, 1.807) is 0 Å². The molecule has 0 bridgehead atoms. The summed E-state index contributed by atoms with van der Waals surface area (Å²) in [5, 5.41) is 0. The lowest BCUT2D eigenvalue weighted by Gasteiger charge is -2.28. The first-order valence-electron chi connectivity index (χ1n) is 16.0. The minimum atomic E-state index is 1.13. The third-order valence-electron chi connectivity index (χ3n) is 8.26. The molecular weight excluding hydrogens is 520 g/mol. The zero-order chi connectivity index (χ0) is 30.0. The average molecular weight is 567 g/mol. The molecule has 0 aliphatic heterocycles. The van der Waals surface area contributed by atoms with Crippen LogP contribution >= 0.6 is 0 Å². The summed E-state index contributed by atoms with van der Waals surface area (Å²) < 4.78 is 0. The van der Waals surface area contributed by atoms with E-state index >= 15 is 0 Å². The maximum absolute atomic E-state index is 2.36. The van der Waals surface area contributed by atoms with Crippen molar-refractivity contribution in [3.63, 3.8) is 0 Å². The zero-order valence-electron chi connectivity index (χ0n) is 26.4. The lowest BCUT2D eigenvalue weighted by Crippen LogP contribution is -2.12. The Morgan fingerprint density at radius 1 is 0.349 bits per heavy atom. The van der Waals surface area contributed by atoms with Gasteiger partial charge in [0.1, 0.15) is 0 Å². The third-order valence-corrected chi connectivity index (χ3v) is 8.26. The molecule has 5 rings (SSSR count). The Kier molecular flexibility index (Phi) is 10.3. The van der Waals surface area contributed by atoms with Crippen molar-refractivity contribution in [2.45, 2.75) is 72.6 Å². The first kappa shape index (κ1) is 30.2. The molecule has 0 atom stereocenters. The normalized spacial score (nSPS) is 11.0. The quantitative estimate of drug-likeness (QED) is 0.131. The van der Waals surface area contributed by atoms with Gasteiger partial charge in [-0.15, -0.1) is 0 Å². The Morgan fingerprint density at radius 2 is 0.628 bits per heavy atom. The third kappa shape index (κ3) is 7.96. The van der Waals surface area contributed by atoms with E-state index < -0.39 is 0 Å². The number of rotatable bonds is 13. The molecule has 0 aromatic heterocycles. The topological polar surface area (TPSA) is 6.48 Å². The van der Waals surface area contributed by atoms with Crippen LogP contribution < -0.4 is 9.80 Å². The van der Waals surface area contributed by atoms with Gasteiger partial charge in [0.25, 0.3) is 0 Å². The molecule has 0 heterocycles. The Labute approximate surface area is 259 Å². The molecule has 0 amide bonds. The molecule has 0 saturated carbocycles. The van der Waals surface area contributed by atoms with Crippen LogP contribution in [0.5, 0.6) is 0 Å². The summed E-state index contributed by atoms with van der Waals surface area (Å²) in [6, 6.07) is 44.5. The van der Waals surface area contributed by atoms with Gasteiger partial charge >= 0.3 is 0 Å². The first-order chi connectivity index (χ1) is 21.0. The molecule has 43 heavy (non-hydrogen) atoms. The second-order valence-electron chi connectivity index (χ2n) is 11.9. The van der Waals surface area contributed by atoms with Gasteiger partial charge in [-0.1, -0.05) is 104 Å². The lowest BCUT2D eigenvalue weighted by molar-refractivity contribution is 0.607. The number of hydrogen-bond acceptors (Lipinski definition) is 2. The number of unbranched alkanes of at least 4 members (excludes halogenated alkanes) is 5. The van der Waals surface area contributed by atoms with E-state index in [2.05, 4.69) is 159 Å². The van der Waals surface area contributed by atoms with Gasteiger partial charge in [0.2, 0.25) is 0 Å². The van der Waals surface area contributed by atoms with Crippen LogP contribution in [0.1, 0.15) is 67.7 Å². The molecule has 0 aliphatic rings. The van der Waals surface area contributed by atoms with Crippen molar-refractivity contribution in [2.75, 3.05) is 9.80 Å². The highest BCUT2D eigenvalue weighted by molar-refractivity contribution is 5.81. The summed E-state index contributed by atoms with van der Waals surface area (Å²) in [6.45, 7) is 8.69. The van der Waals surface area contributed by atoms with E-state index in [1.165, 1.54) is 66.5 Å². The largest absolute Gasteiger partial charge is 0.311 e. The monoisotopic (exact) mass is 566 g/mol. The van der Waals surface area contributed by atoms with Crippen molar-refractivity contribution in [1.82, 2.24) is 0 Å². The van der Waals surface area contributed by atoms with Gasteiger partial charge in [-0.2, -0.15) is 0 Å². The molecule has 0 fully saturated rings. The summed E-state index contributed by atoms with van der Waals surface area (Å²) in [6.07, 6.45) is 9.14. The zero-order valence-corrected chi connectivity index (χ0v) is 26.4. The number of hydrogen-bond donors (Lipinski definition) is 0. The van der Waals surface area contributed by atoms with Gasteiger partial charge in [0.15, 0.2) is 0 Å². The SMILES string of the molecule is CCCCCCCCc1ccc(N(c2ccc(C)cc2)c2ccc(N(c3ccc(C)cc3)c3ccc(C)cc3)cc2)cc1. The Balaban J connectivity index is 1.43. The summed E-state index contributed by atoms with van der Waals surface area (Å²) in [7, 11) is 0. The predicted molar refractivity (Wildman–Crippen MR) is 187 cm³/mol. The van der Waals surface area contributed by atoms with E-state index in [0.29, 0.717) is 0 Å². The van der Waals surface area contributed by atoms with E-state index in [4.69, 9.17) is 0 Å². The highest BCUT2D eigenvalue weighted by Crippen LogP contribution is 2.39. The van der Waals surface area contributed by atoms with Crippen molar-refractivity contribution in [1.29, 1.82) is 0 Å². The van der Waals surface area contributed by atoms with Gasteiger partial charge in [-0.3, -0.25) is 0 Å². The summed E-state index contributed by atoms with van der Waals surface area (Å²) in [5.41, 5.74) is 12.1. The van der Waals surface area contributed by atoms with Crippen LogP contribution in [-0.2, 0) is 6.42 Å². The Hall–Kier alpha value is -4.30. The van der Waals surface area contributed by atoms with E-state index in [0.717, 1.165) is 34.9 Å². The van der Waals surface area contributed by atoms with Crippen LogP contribution in [0, 0.1) is 20.8 Å². The van der Waals surface area contributed by atoms with Crippen molar-refractivity contribution >= 4 is 34.1 Å². The molecule has 0 saturated heterocycles. The molecular formula is C41H46N2. The fraction of sp³-hybridized carbons (Fsp3) is 0.268. The second kappa shape index (κ2) is 14.7. The van der Waals surface area contributed by atoms with Crippen molar-refractivity contribution in [2.24, 2.45) is 0 Å². The fourth-order valence-corrected chi connectivity index (χ4v) is 5.65. The molecule has 5 aromatic rings. The van der Waals surface area contributed by atoms with Crippen molar-refractivity contribution in [3.8, 4) is 0 Å². The van der Waals surface area contributed by atoms with E-state index in [-0.39, 0.29) is 0 Å². The van der Waals surface area contributed by atoms with Gasteiger partial charge in [-0.25, -0.2) is 0 Å². The van der Waals surface area contributed by atoms with Crippen LogP contribution in [0.2, 0.25) is 0 Å². The number of benzene rings is 5. The molecule has 220 valence electrons. The number of nitrogens with zero attached hydrogens (tertiary/aromatic N) is 2. The molecule has 0 aliphatic carbocycles. The van der Waals surface area contributed by atoms with Gasteiger partial charge in [-0.05, 0) is 112 Å². The van der Waals surface area contributed by atoms with Gasteiger partial charge in [0, 0.05) is 34.1 Å². The van der Waals surface area contributed by atoms with E-state index in [1.807, 2.05) is 0 Å². The molecule has 5 aromatic carbocycles. The van der Waals surface area contributed by atoms with Crippen LogP contribution in [0.15, 0.2) is 121 Å². The smallest absolute Gasteiger partial charge is 0.0463 e. The van der Waals surface area contributed by atoms with Crippen LogP contribution in [0.3, 0.4) is 0 Å². The van der Waals surface area contributed by atoms with Gasteiger partial charge in [0.05, 0.1) is 0 Å². The maximum Gasteiger partial charge on any atom is 0.0463 e. The lowest BCUT2D eigenvalue weighted by atomic mass is 10.0. The molecule has 0 radical (unpaired) electrons. The number of aryl methyl sites for hydroxylation is 4. The van der Waals surface area contributed by atoms with Crippen molar-refractivity contribution < 1.29 is 0 Å². The molecule has 2 heteroatoms. The summed E-state index contributed by atoms with van der Waals surface area (Å²) in [5.74, 6) is 0. The minimum absolute atomic E-state index is 1.13. The maximum atomic E-state index is 2.36. The van der Waals surface area contributed by atoms with Crippen LogP contribution in [0.25, 0.3) is 0 Å². The van der Waals surface area contributed by atoms with Crippen molar-refractivity contribution in [3.05, 3.63) is 144 Å². The minimum Gasteiger partial charge on any atom is -0.311 e. The van der Waals surface area contributed by atoms with E-state index in [9.17, 15) is 0 Å². The van der Waals surface area contributed by atoms with Crippen LogP contribution in [-0.4, -0.2) is 0 Å². The second-order valence-corrected chi connectivity index (χ2v) is 11.9. The molecule has 2 nitrogen and oxygen atoms in total. The molecule has 0 N–H and O–H groups in total. The number of anilines is 6. The Morgan fingerprint density at radius 3 is 0.977 bits per heavy atom.